The highest BCUT2D eigenvalue weighted by atomic mass is 35.5. The van der Waals surface area contributed by atoms with Crippen molar-refractivity contribution >= 4 is 46.6 Å². The molecule has 0 aromatic heterocycles. The summed E-state index contributed by atoms with van der Waals surface area (Å²) < 4.78 is 15.4. The van der Waals surface area contributed by atoms with E-state index < -0.39 is 6.16 Å². The van der Waals surface area contributed by atoms with Crippen molar-refractivity contribution in [2.24, 2.45) is 0 Å². The molecule has 0 fully saturated rings. The summed E-state index contributed by atoms with van der Waals surface area (Å²) in [7, 11) is 1.61. The number of methoxy groups -OCH3 is 1. The van der Waals surface area contributed by atoms with E-state index >= 15 is 0 Å². The van der Waals surface area contributed by atoms with Crippen molar-refractivity contribution in [3.63, 3.8) is 0 Å². The standard InChI is InChI=1S/C18H18Cl3NO4/c1-3-22(12-5-4-6-13(9-12)24-2)7-8-25-18(23)26-17-11-15(20)14(19)10-16(17)21/h4-6,9-11H,3,7-8H2,1-2H3. The topological polar surface area (TPSA) is 48.0 Å². The minimum atomic E-state index is -0.869. The third-order valence-corrected chi connectivity index (χ3v) is 4.57. The van der Waals surface area contributed by atoms with Crippen LogP contribution in [0.2, 0.25) is 15.1 Å². The highest BCUT2D eigenvalue weighted by molar-refractivity contribution is 6.43. The van der Waals surface area contributed by atoms with E-state index in [-0.39, 0.29) is 27.4 Å². The highest BCUT2D eigenvalue weighted by Gasteiger charge is 2.13. The van der Waals surface area contributed by atoms with Crippen molar-refractivity contribution < 1.29 is 19.0 Å². The van der Waals surface area contributed by atoms with E-state index in [4.69, 9.17) is 49.0 Å². The number of carbonyl (C=O) groups excluding carboxylic acids is 1. The molecule has 0 unspecified atom stereocenters. The normalized spacial score (nSPS) is 10.3. The van der Waals surface area contributed by atoms with Crippen LogP contribution in [0.1, 0.15) is 6.92 Å². The fourth-order valence-electron chi connectivity index (χ4n) is 2.22. The van der Waals surface area contributed by atoms with Crippen LogP contribution < -0.4 is 14.4 Å². The lowest BCUT2D eigenvalue weighted by molar-refractivity contribution is 0.101. The van der Waals surface area contributed by atoms with Crippen molar-refractivity contribution in [1.29, 1.82) is 0 Å². The van der Waals surface area contributed by atoms with Gasteiger partial charge in [-0.25, -0.2) is 4.79 Å². The van der Waals surface area contributed by atoms with Crippen LogP contribution in [0, 0.1) is 0 Å². The Kier molecular flexibility index (Phi) is 7.69. The summed E-state index contributed by atoms with van der Waals surface area (Å²) in [5.41, 5.74) is 0.969. The van der Waals surface area contributed by atoms with Crippen LogP contribution in [0.25, 0.3) is 0 Å². The maximum absolute atomic E-state index is 11.8. The number of halogens is 3. The van der Waals surface area contributed by atoms with Gasteiger partial charge in [0.2, 0.25) is 0 Å². The zero-order chi connectivity index (χ0) is 19.1. The molecule has 2 rings (SSSR count). The van der Waals surface area contributed by atoms with E-state index in [2.05, 4.69) is 0 Å². The molecular formula is C18H18Cl3NO4. The molecule has 0 heterocycles. The summed E-state index contributed by atoms with van der Waals surface area (Å²) >= 11 is 17.7. The van der Waals surface area contributed by atoms with Gasteiger partial charge in [-0.3, -0.25) is 0 Å². The monoisotopic (exact) mass is 417 g/mol. The van der Waals surface area contributed by atoms with Crippen LogP contribution in [-0.4, -0.2) is 33.0 Å². The lowest BCUT2D eigenvalue weighted by Gasteiger charge is -2.23. The maximum Gasteiger partial charge on any atom is 0.513 e. The zero-order valence-corrected chi connectivity index (χ0v) is 16.6. The second-order valence-corrected chi connectivity index (χ2v) is 6.40. The molecule has 0 saturated heterocycles. The molecule has 0 aliphatic heterocycles. The van der Waals surface area contributed by atoms with Gasteiger partial charge in [0.05, 0.1) is 28.7 Å². The number of benzene rings is 2. The Balaban J connectivity index is 1.89. The van der Waals surface area contributed by atoms with E-state index in [1.54, 1.807) is 7.11 Å². The molecule has 0 aliphatic rings. The maximum atomic E-state index is 11.8. The van der Waals surface area contributed by atoms with Gasteiger partial charge < -0.3 is 19.1 Å². The Morgan fingerprint density at radius 1 is 1.08 bits per heavy atom. The summed E-state index contributed by atoms with van der Waals surface area (Å²) in [6.07, 6.45) is -0.869. The van der Waals surface area contributed by atoms with Crippen LogP contribution in [0.5, 0.6) is 11.5 Å². The van der Waals surface area contributed by atoms with Crippen molar-refractivity contribution in [2.75, 3.05) is 31.7 Å². The number of rotatable bonds is 7. The van der Waals surface area contributed by atoms with Crippen LogP contribution in [0.3, 0.4) is 0 Å². The van der Waals surface area contributed by atoms with Gasteiger partial charge in [0.25, 0.3) is 0 Å². The molecule has 0 saturated carbocycles. The highest BCUT2D eigenvalue weighted by Crippen LogP contribution is 2.34. The summed E-state index contributed by atoms with van der Waals surface area (Å²) in [5, 5.41) is 0.672. The van der Waals surface area contributed by atoms with Crippen LogP contribution >= 0.6 is 34.8 Å². The molecule has 0 N–H and O–H groups in total. The molecule has 0 spiro atoms. The minimum absolute atomic E-state index is 0.0891. The largest absolute Gasteiger partial charge is 0.513 e. The lowest BCUT2D eigenvalue weighted by Crippen LogP contribution is -2.28. The predicted molar refractivity (Wildman–Crippen MR) is 104 cm³/mol. The zero-order valence-electron chi connectivity index (χ0n) is 14.3. The number of likely N-dealkylation sites (N-methyl/N-ethyl adjacent to an activating group) is 1. The molecule has 0 radical (unpaired) electrons. The third-order valence-electron chi connectivity index (χ3n) is 3.55. The Labute approximate surface area is 167 Å². The molecule has 2 aromatic rings. The van der Waals surface area contributed by atoms with E-state index in [0.717, 1.165) is 18.0 Å². The fraction of sp³-hybridized carbons (Fsp3) is 0.278. The molecule has 8 heteroatoms. The molecule has 0 atom stereocenters. The third kappa shape index (κ3) is 5.59. The minimum Gasteiger partial charge on any atom is -0.497 e. The first kappa shape index (κ1) is 20.5. The summed E-state index contributed by atoms with van der Waals surface area (Å²) in [6, 6.07) is 10.4. The van der Waals surface area contributed by atoms with Gasteiger partial charge in [-0.2, -0.15) is 0 Å². The fourth-order valence-corrected chi connectivity index (χ4v) is 2.79. The van der Waals surface area contributed by atoms with Gasteiger partial charge in [-0.1, -0.05) is 40.9 Å². The Bertz CT molecular complexity index is 770. The van der Waals surface area contributed by atoms with Crippen molar-refractivity contribution in [3.8, 4) is 11.5 Å². The first-order valence-electron chi connectivity index (χ1n) is 7.82. The second-order valence-electron chi connectivity index (χ2n) is 5.18. The Morgan fingerprint density at radius 2 is 1.81 bits per heavy atom. The number of ether oxygens (including phenoxy) is 3. The molecular weight excluding hydrogens is 401 g/mol. The molecule has 5 nitrogen and oxygen atoms in total. The van der Waals surface area contributed by atoms with Gasteiger partial charge in [-0.15, -0.1) is 0 Å². The van der Waals surface area contributed by atoms with E-state index in [0.29, 0.717) is 6.54 Å². The number of nitrogens with zero attached hydrogens (tertiary/aromatic N) is 1. The number of hydrogen-bond donors (Lipinski definition) is 0. The molecule has 0 amide bonds. The Hall–Kier alpha value is -1.82. The number of hydrogen-bond acceptors (Lipinski definition) is 5. The molecule has 0 aliphatic carbocycles. The average Bonchev–Trinajstić information content (AvgIpc) is 2.63. The smallest absolute Gasteiger partial charge is 0.497 e. The first-order chi connectivity index (χ1) is 12.4. The molecule has 2 aromatic carbocycles. The van der Waals surface area contributed by atoms with E-state index in [1.165, 1.54) is 12.1 Å². The number of carbonyl (C=O) groups is 1. The molecule has 140 valence electrons. The Morgan fingerprint density at radius 3 is 2.50 bits per heavy atom. The predicted octanol–water partition coefficient (Wildman–Crippen LogP) is 5.70. The summed E-state index contributed by atoms with van der Waals surface area (Å²) in [5.74, 6) is 0.849. The van der Waals surface area contributed by atoms with E-state index in [9.17, 15) is 4.79 Å². The van der Waals surface area contributed by atoms with Gasteiger partial charge in [0.15, 0.2) is 5.75 Å². The van der Waals surface area contributed by atoms with Crippen LogP contribution in [-0.2, 0) is 4.74 Å². The summed E-state index contributed by atoms with van der Waals surface area (Å²) in [6.45, 7) is 3.38. The second kappa shape index (κ2) is 9.76. The quantitative estimate of drug-likeness (QED) is 0.328. The van der Waals surface area contributed by atoms with Crippen molar-refractivity contribution in [2.45, 2.75) is 6.92 Å². The molecule has 26 heavy (non-hydrogen) atoms. The van der Waals surface area contributed by atoms with Gasteiger partial charge in [-0.05, 0) is 25.1 Å². The van der Waals surface area contributed by atoms with Gasteiger partial charge in [0.1, 0.15) is 12.4 Å². The van der Waals surface area contributed by atoms with Crippen LogP contribution in [0.15, 0.2) is 36.4 Å². The SMILES string of the molecule is CCN(CCOC(=O)Oc1cc(Cl)c(Cl)cc1Cl)c1cccc(OC)c1. The average molecular weight is 419 g/mol. The van der Waals surface area contributed by atoms with Gasteiger partial charge >= 0.3 is 6.16 Å². The lowest BCUT2D eigenvalue weighted by atomic mass is 10.2. The van der Waals surface area contributed by atoms with Crippen LogP contribution in [0.4, 0.5) is 10.5 Å². The summed E-state index contributed by atoms with van der Waals surface area (Å²) in [4.78, 5) is 13.9. The molecule has 0 bridgehead atoms. The van der Waals surface area contributed by atoms with Crippen molar-refractivity contribution in [1.82, 2.24) is 0 Å². The van der Waals surface area contributed by atoms with Gasteiger partial charge in [0, 0.05) is 24.4 Å². The van der Waals surface area contributed by atoms with Crippen molar-refractivity contribution in [3.05, 3.63) is 51.5 Å². The first-order valence-corrected chi connectivity index (χ1v) is 8.96. The van der Waals surface area contributed by atoms with E-state index in [1.807, 2.05) is 36.1 Å². The number of anilines is 1.